The van der Waals surface area contributed by atoms with Crippen molar-refractivity contribution >= 4 is 5.91 Å². The summed E-state index contributed by atoms with van der Waals surface area (Å²) in [6.07, 6.45) is 9.44. The fourth-order valence-electron chi connectivity index (χ4n) is 3.30. The first kappa shape index (κ1) is 15.2. The molecule has 1 saturated carbocycles. The predicted molar refractivity (Wildman–Crippen MR) is 85.4 cm³/mol. The standard InChI is InChI=1S/C17H24N4O/c1-3-12(2)9-21-10-14(13-4-5-13)16(11-21)20-17(22)15-8-18-6-7-19-15/h3,6-8,13-14,16H,4-5,9-11H2,1-2H3,(H,20,22)/b12-3+/t14-,16+/m0/s1. The maximum Gasteiger partial charge on any atom is 0.271 e. The van der Waals surface area contributed by atoms with Crippen molar-refractivity contribution in [2.45, 2.75) is 32.7 Å². The van der Waals surface area contributed by atoms with E-state index >= 15 is 0 Å². The molecule has 2 heterocycles. The molecule has 3 rings (SSSR count). The van der Waals surface area contributed by atoms with Gasteiger partial charge in [-0.05, 0) is 38.5 Å². The molecule has 1 aliphatic carbocycles. The molecule has 1 aliphatic heterocycles. The van der Waals surface area contributed by atoms with E-state index in [1.807, 2.05) is 0 Å². The van der Waals surface area contributed by atoms with Crippen LogP contribution in [0.3, 0.4) is 0 Å². The van der Waals surface area contributed by atoms with Gasteiger partial charge in [-0.1, -0.05) is 11.6 Å². The van der Waals surface area contributed by atoms with Crippen LogP contribution in [0.5, 0.6) is 0 Å². The average Bonchev–Trinajstić information content (AvgIpc) is 3.31. The summed E-state index contributed by atoms with van der Waals surface area (Å²) < 4.78 is 0. The zero-order valence-electron chi connectivity index (χ0n) is 13.3. The fraction of sp³-hybridized carbons (Fsp3) is 0.588. The largest absolute Gasteiger partial charge is 0.346 e. The summed E-state index contributed by atoms with van der Waals surface area (Å²) in [7, 11) is 0. The van der Waals surface area contributed by atoms with Crippen molar-refractivity contribution < 1.29 is 4.79 Å². The Labute approximate surface area is 131 Å². The number of likely N-dealkylation sites (tertiary alicyclic amines) is 1. The van der Waals surface area contributed by atoms with Gasteiger partial charge in [0.05, 0.1) is 6.20 Å². The zero-order chi connectivity index (χ0) is 15.5. The number of amides is 1. The molecule has 0 bridgehead atoms. The van der Waals surface area contributed by atoms with Gasteiger partial charge in [0, 0.05) is 38.1 Å². The molecular formula is C17H24N4O. The second kappa shape index (κ2) is 6.57. The summed E-state index contributed by atoms with van der Waals surface area (Å²) in [6.45, 7) is 7.26. The van der Waals surface area contributed by atoms with Gasteiger partial charge in [-0.2, -0.15) is 0 Å². The van der Waals surface area contributed by atoms with Gasteiger partial charge >= 0.3 is 0 Å². The van der Waals surface area contributed by atoms with Crippen LogP contribution >= 0.6 is 0 Å². The molecule has 0 aromatic carbocycles. The summed E-state index contributed by atoms with van der Waals surface area (Å²) in [4.78, 5) is 22.8. The number of nitrogens with zero attached hydrogens (tertiary/aromatic N) is 3. The topological polar surface area (TPSA) is 58.1 Å². The zero-order valence-corrected chi connectivity index (χ0v) is 13.3. The van der Waals surface area contributed by atoms with E-state index in [9.17, 15) is 4.79 Å². The van der Waals surface area contributed by atoms with E-state index in [4.69, 9.17) is 0 Å². The second-order valence-corrected chi connectivity index (χ2v) is 6.50. The van der Waals surface area contributed by atoms with Gasteiger partial charge in [0.2, 0.25) is 0 Å². The Balaban J connectivity index is 1.64. The molecule has 1 aromatic heterocycles. The van der Waals surface area contributed by atoms with Gasteiger partial charge < -0.3 is 5.32 Å². The average molecular weight is 300 g/mol. The van der Waals surface area contributed by atoms with Crippen LogP contribution in [-0.4, -0.2) is 46.5 Å². The van der Waals surface area contributed by atoms with E-state index in [2.05, 4.69) is 40.1 Å². The Kier molecular flexibility index (Phi) is 4.52. The molecule has 1 amide bonds. The van der Waals surface area contributed by atoms with Crippen LogP contribution in [0.1, 0.15) is 37.2 Å². The van der Waals surface area contributed by atoms with Crippen LogP contribution in [0, 0.1) is 11.8 Å². The van der Waals surface area contributed by atoms with Gasteiger partial charge in [0.15, 0.2) is 0 Å². The number of allylic oxidation sites excluding steroid dienone is 1. The maximum atomic E-state index is 12.3. The molecule has 118 valence electrons. The Bertz CT molecular complexity index is 553. The molecule has 5 nitrogen and oxygen atoms in total. The molecule has 1 N–H and O–H groups in total. The quantitative estimate of drug-likeness (QED) is 0.844. The summed E-state index contributed by atoms with van der Waals surface area (Å²) in [5, 5.41) is 3.19. The van der Waals surface area contributed by atoms with E-state index in [1.165, 1.54) is 24.6 Å². The number of rotatable bonds is 5. The minimum absolute atomic E-state index is 0.103. The number of hydrogen-bond acceptors (Lipinski definition) is 4. The van der Waals surface area contributed by atoms with Gasteiger partial charge in [-0.3, -0.25) is 14.7 Å². The molecule has 0 unspecified atom stereocenters. The lowest BCUT2D eigenvalue weighted by Crippen LogP contribution is -2.41. The van der Waals surface area contributed by atoms with Crippen molar-refractivity contribution in [3.63, 3.8) is 0 Å². The Morgan fingerprint density at radius 3 is 2.86 bits per heavy atom. The lowest BCUT2D eigenvalue weighted by molar-refractivity contribution is 0.0922. The Hall–Kier alpha value is -1.75. The minimum atomic E-state index is -0.103. The number of carbonyl (C=O) groups is 1. The highest BCUT2D eigenvalue weighted by atomic mass is 16.2. The second-order valence-electron chi connectivity index (χ2n) is 6.50. The predicted octanol–water partition coefficient (Wildman–Crippen LogP) is 1.88. The number of aromatic nitrogens is 2. The van der Waals surface area contributed by atoms with E-state index in [0.717, 1.165) is 25.6 Å². The van der Waals surface area contributed by atoms with Crippen molar-refractivity contribution in [3.05, 3.63) is 35.9 Å². The van der Waals surface area contributed by atoms with Crippen LogP contribution in [0.4, 0.5) is 0 Å². The first-order valence-corrected chi connectivity index (χ1v) is 8.08. The van der Waals surface area contributed by atoms with Crippen LogP contribution in [0.2, 0.25) is 0 Å². The smallest absolute Gasteiger partial charge is 0.271 e. The highest BCUT2D eigenvalue weighted by Gasteiger charge is 2.43. The monoisotopic (exact) mass is 300 g/mol. The molecule has 0 spiro atoms. The van der Waals surface area contributed by atoms with E-state index in [-0.39, 0.29) is 11.9 Å². The lowest BCUT2D eigenvalue weighted by atomic mass is 9.98. The van der Waals surface area contributed by atoms with Crippen molar-refractivity contribution in [3.8, 4) is 0 Å². The fourth-order valence-corrected chi connectivity index (χ4v) is 3.30. The van der Waals surface area contributed by atoms with Crippen molar-refractivity contribution in [1.82, 2.24) is 20.2 Å². The van der Waals surface area contributed by atoms with Gasteiger partial charge in [-0.15, -0.1) is 0 Å². The molecular weight excluding hydrogens is 276 g/mol. The van der Waals surface area contributed by atoms with Gasteiger partial charge in [0.1, 0.15) is 5.69 Å². The van der Waals surface area contributed by atoms with E-state index < -0.39 is 0 Å². The van der Waals surface area contributed by atoms with Crippen LogP contribution in [0.25, 0.3) is 0 Å². The van der Waals surface area contributed by atoms with Crippen LogP contribution < -0.4 is 5.32 Å². The third kappa shape index (κ3) is 3.53. The number of carbonyl (C=O) groups excluding carboxylic acids is 1. The maximum absolute atomic E-state index is 12.3. The highest BCUT2D eigenvalue weighted by Crippen LogP contribution is 2.41. The molecule has 0 radical (unpaired) electrons. The third-order valence-corrected chi connectivity index (χ3v) is 4.75. The molecule has 5 heteroatoms. The van der Waals surface area contributed by atoms with E-state index in [1.54, 1.807) is 12.4 Å². The summed E-state index contributed by atoms with van der Waals surface area (Å²) >= 11 is 0. The molecule has 2 fully saturated rings. The SMILES string of the molecule is C/C=C(\C)CN1C[C@@H](NC(=O)c2cnccn2)[C@H](C2CC2)C1. The lowest BCUT2D eigenvalue weighted by Gasteiger charge is -2.19. The number of nitrogens with one attached hydrogen (secondary N) is 1. The normalized spacial score (nSPS) is 26.2. The molecule has 1 saturated heterocycles. The first-order chi connectivity index (χ1) is 10.7. The Morgan fingerprint density at radius 1 is 1.41 bits per heavy atom. The molecule has 2 aliphatic rings. The van der Waals surface area contributed by atoms with Crippen molar-refractivity contribution in [2.24, 2.45) is 11.8 Å². The van der Waals surface area contributed by atoms with E-state index in [0.29, 0.717) is 11.6 Å². The van der Waals surface area contributed by atoms with Gasteiger partial charge in [0.25, 0.3) is 5.91 Å². The number of hydrogen-bond donors (Lipinski definition) is 1. The summed E-state index contributed by atoms with van der Waals surface area (Å²) in [5.41, 5.74) is 1.79. The van der Waals surface area contributed by atoms with Crippen molar-refractivity contribution in [1.29, 1.82) is 0 Å². The summed E-state index contributed by atoms with van der Waals surface area (Å²) in [5.74, 6) is 1.25. The van der Waals surface area contributed by atoms with Crippen LogP contribution in [0.15, 0.2) is 30.2 Å². The first-order valence-electron chi connectivity index (χ1n) is 8.08. The molecule has 1 aromatic rings. The highest BCUT2D eigenvalue weighted by molar-refractivity contribution is 5.92. The van der Waals surface area contributed by atoms with Gasteiger partial charge in [-0.25, -0.2) is 4.98 Å². The molecule has 2 atom stereocenters. The Morgan fingerprint density at radius 2 is 2.23 bits per heavy atom. The third-order valence-electron chi connectivity index (χ3n) is 4.75. The molecule has 22 heavy (non-hydrogen) atoms. The van der Waals surface area contributed by atoms with Crippen molar-refractivity contribution in [2.75, 3.05) is 19.6 Å². The van der Waals surface area contributed by atoms with Crippen LogP contribution in [-0.2, 0) is 0 Å². The summed E-state index contributed by atoms with van der Waals surface area (Å²) in [6, 6.07) is 0.228. The minimum Gasteiger partial charge on any atom is -0.346 e.